The van der Waals surface area contributed by atoms with Gasteiger partial charge in [0.1, 0.15) is 5.01 Å². The van der Waals surface area contributed by atoms with E-state index in [1.165, 1.54) is 10.6 Å². The van der Waals surface area contributed by atoms with E-state index >= 15 is 0 Å². The van der Waals surface area contributed by atoms with Crippen LogP contribution in [-0.4, -0.2) is 21.1 Å². The number of aromatic nitrogens is 3. The summed E-state index contributed by atoms with van der Waals surface area (Å²) in [7, 11) is 0. The average molecular weight is 264 g/mol. The van der Waals surface area contributed by atoms with Gasteiger partial charge in [-0.05, 0) is 19.9 Å². The molecule has 4 nitrogen and oxygen atoms in total. The van der Waals surface area contributed by atoms with Crippen molar-refractivity contribution in [2.75, 3.05) is 6.54 Å². The van der Waals surface area contributed by atoms with Gasteiger partial charge in [-0.25, -0.2) is 9.97 Å². The number of nitrogens with zero attached hydrogens (tertiary/aromatic N) is 3. The maximum Gasteiger partial charge on any atom is 0.115 e. The van der Waals surface area contributed by atoms with Gasteiger partial charge in [0.05, 0.1) is 18.1 Å². The number of imidazole rings is 1. The lowest BCUT2D eigenvalue weighted by atomic mass is 10.3. The van der Waals surface area contributed by atoms with Gasteiger partial charge in [0.25, 0.3) is 0 Å². The fourth-order valence-electron chi connectivity index (χ4n) is 1.87. The van der Waals surface area contributed by atoms with Crippen molar-refractivity contribution in [3.8, 4) is 0 Å². The van der Waals surface area contributed by atoms with E-state index in [-0.39, 0.29) is 6.04 Å². The van der Waals surface area contributed by atoms with Crippen LogP contribution >= 0.6 is 11.3 Å². The Hall–Kier alpha value is -1.20. The van der Waals surface area contributed by atoms with Gasteiger partial charge < -0.3 is 9.88 Å². The van der Waals surface area contributed by atoms with E-state index in [1.807, 2.05) is 18.7 Å². The first-order valence-electron chi connectivity index (χ1n) is 6.42. The predicted molar refractivity (Wildman–Crippen MR) is 74.9 cm³/mol. The van der Waals surface area contributed by atoms with E-state index in [1.54, 1.807) is 11.3 Å². The molecule has 1 unspecified atom stereocenters. The van der Waals surface area contributed by atoms with Crippen molar-refractivity contribution in [3.63, 3.8) is 0 Å². The van der Waals surface area contributed by atoms with Crippen molar-refractivity contribution >= 4 is 11.3 Å². The van der Waals surface area contributed by atoms with E-state index in [0.717, 1.165) is 24.5 Å². The Morgan fingerprint density at radius 2 is 2.22 bits per heavy atom. The van der Waals surface area contributed by atoms with Crippen molar-refractivity contribution in [1.82, 2.24) is 19.9 Å². The summed E-state index contributed by atoms with van der Waals surface area (Å²) in [6, 6.07) is 0.256. The van der Waals surface area contributed by atoms with Gasteiger partial charge in [-0.2, -0.15) is 0 Å². The third-order valence-electron chi connectivity index (χ3n) is 3.00. The van der Waals surface area contributed by atoms with Crippen molar-refractivity contribution in [3.05, 3.63) is 34.3 Å². The van der Waals surface area contributed by atoms with Crippen LogP contribution in [0.5, 0.6) is 0 Å². The Labute approximate surface area is 112 Å². The molecule has 0 fully saturated rings. The molecule has 0 aliphatic heterocycles. The topological polar surface area (TPSA) is 42.7 Å². The molecule has 2 aromatic rings. The van der Waals surface area contributed by atoms with Gasteiger partial charge in [0.2, 0.25) is 0 Å². The highest BCUT2D eigenvalue weighted by Gasteiger charge is 2.14. The molecule has 0 saturated heterocycles. The van der Waals surface area contributed by atoms with Gasteiger partial charge in [-0.15, -0.1) is 11.3 Å². The highest BCUT2D eigenvalue weighted by molar-refractivity contribution is 7.11. The lowest BCUT2D eigenvalue weighted by Crippen LogP contribution is -2.17. The summed E-state index contributed by atoms with van der Waals surface area (Å²) in [5, 5.41) is 4.49. The Kier molecular flexibility index (Phi) is 4.49. The number of nitrogens with one attached hydrogen (secondary N) is 1. The Morgan fingerprint density at radius 3 is 2.89 bits per heavy atom. The van der Waals surface area contributed by atoms with Crippen LogP contribution in [-0.2, 0) is 13.0 Å². The zero-order chi connectivity index (χ0) is 13.0. The predicted octanol–water partition coefficient (Wildman–Crippen LogP) is 2.62. The zero-order valence-electron chi connectivity index (χ0n) is 11.2. The fourth-order valence-corrected chi connectivity index (χ4v) is 2.78. The van der Waals surface area contributed by atoms with Crippen LogP contribution in [0.15, 0.2) is 18.7 Å². The van der Waals surface area contributed by atoms with Crippen LogP contribution in [0.25, 0.3) is 0 Å². The molecule has 0 aliphatic rings. The molecule has 0 aromatic carbocycles. The van der Waals surface area contributed by atoms with Gasteiger partial charge in [-0.1, -0.05) is 13.8 Å². The van der Waals surface area contributed by atoms with Gasteiger partial charge >= 0.3 is 0 Å². The number of hydrogen-bond acceptors (Lipinski definition) is 4. The Balaban J connectivity index is 2.17. The zero-order valence-corrected chi connectivity index (χ0v) is 12.0. The summed E-state index contributed by atoms with van der Waals surface area (Å²) in [6.45, 7) is 8.27. The molecule has 2 aromatic heterocycles. The standard InChI is InChI=1S/C13H20N4S/c1-4-12-8-16-13(18-12)10(3)17-9-15-7-11(17)6-14-5-2/h7-10,14H,4-6H2,1-3H3. The lowest BCUT2D eigenvalue weighted by Gasteiger charge is -2.14. The average Bonchev–Trinajstić information content (AvgIpc) is 3.04. The molecule has 18 heavy (non-hydrogen) atoms. The second-order valence-electron chi connectivity index (χ2n) is 4.27. The minimum absolute atomic E-state index is 0.256. The van der Waals surface area contributed by atoms with E-state index in [9.17, 15) is 0 Å². The Morgan fingerprint density at radius 1 is 1.39 bits per heavy atom. The molecule has 2 rings (SSSR count). The van der Waals surface area contributed by atoms with Crippen LogP contribution in [0.1, 0.15) is 42.4 Å². The molecule has 2 heterocycles. The number of aryl methyl sites for hydroxylation is 1. The monoisotopic (exact) mass is 264 g/mol. The molecule has 1 atom stereocenters. The quantitative estimate of drug-likeness (QED) is 0.872. The van der Waals surface area contributed by atoms with Crippen LogP contribution in [0.2, 0.25) is 0 Å². The molecule has 1 N–H and O–H groups in total. The van der Waals surface area contributed by atoms with E-state index in [4.69, 9.17) is 0 Å². The maximum absolute atomic E-state index is 4.51. The minimum atomic E-state index is 0.256. The highest BCUT2D eigenvalue weighted by atomic mass is 32.1. The highest BCUT2D eigenvalue weighted by Crippen LogP contribution is 2.24. The third-order valence-corrected chi connectivity index (χ3v) is 4.31. The van der Waals surface area contributed by atoms with Gasteiger partial charge in [0.15, 0.2) is 0 Å². The van der Waals surface area contributed by atoms with Crippen molar-refractivity contribution in [1.29, 1.82) is 0 Å². The molecule has 0 radical (unpaired) electrons. The fraction of sp³-hybridized carbons (Fsp3) is 0.538. The summed E-state index contributed by atoms with van der Waals surface area (Å²) >= 11 is 1.79. The first-order chi connectivity index (χ1) is 8.76. The molecular weight excluding hydrogens is 244 g/mol. The summed E-state index contributed by atoms with van der Waals surface area (Å²) in [4.78, 5) is 10.1. The maximum atomic E-state index is 4.51. The second kappa shape index (κ2) is 6.11. The smallest absolute Gasteiger partial charge is 0.115 e. The molecule has 0 saturated carbocycles. The first-order valence-corrected chi connectivity index (χ1v) is 7.23. The molecule has 0 spiro atoms. The van der Waals surface area contributed by atoms with Gasteiger partial charge in [-0.3, -0.25) is 0 Å². The summed E-state index contributed by atoms with van der Waals surface area (Å²) in [5.41, 5.74) is 1.21. The van der Waals surface area contributed by atoms with Crippen LogP contribution < -0.4 is 5.32 Å². The SMILES string of the molecule is CCNCc1cncn1C(C)c1ncc(CC)s1. The van der Waals surface area contributed by atoms with E-state index in [2.05, 4.69) is 40.6 Å². The molecule has 5 heteroatoms. The molecular formula is C13H20N4S. The number of rotatable bonds is 6. The molecule has 0 bridgehead atoms. The third kappa shape index (κ3) is 2.79. The van der Waals surface area contributed by atoms with E-state index < -0.39 is 0 Å². The number of thiazole rings is 1. The van der Waals surface area contributed by atoms with Crippen molar-refractivity contribution in [2.24, 2.45) is 0 Å². The molecule has 0 aliphatic carbocycles. The van der Waals surface area contributed by atoms with Crippen LogP contribution in [0, 0.1) is 0 Å². The largest absolute Gasteiger partial charge is 0.324 e. The second-order valence-corrected chi connectivity index (χ2v) is 5.41. The van der Waals surface area contributed by atoms with Crippen LogP contribution in [0.3, 0.4) is 0 Å². The van der Waals surface area contributed by atoms with Crippen LogP contribution in [0.4, 0.5) is 0 Å². The Bertz CT molecular complexity index is 489. The van der Waals surface area contributed by atoms with Gasteiger partial charge in [0, 0.05) is 23.8 Å². The minimum Gasteiger partial charge on any atom is -0.324 e. The molecule has 98 valence electrons. The van der Waals surface area contributed by atoms with Crippen molar-refractivity contribution < 1.29 is 0 Å². The lowest BCUT2D eigenvalue weighted by molar-refractivity contribution is 0.580. The summed E-state index contributed by atoms with van der Waals surface area (Å²) in [5.74, 6) is 0. The normalized spacial score (nSPS) is 12.8. The van der Waals surface area contributed by atoms with Crippen molar-refractivity contribution in [2.45, 2.75) is 39.8 Å². The summed E-state index contributed by atoms with van der Waals surface area (Å²) < 4.78 is 2.20. The first kappa shape index (κ1) is 13.2. The molecule has 0 amide bonds. The number of hydrogen-bond donors (Lipinski definition) is 1. The van der Waals surface area contributed by atoms with E-state index in [0.29, 0.717) is 0 Å². The summed E-state index contributed by atoms with van der Waals surface area (Å²) in [6.07, 6.45) is 6.85.